The van der Waals surface area contributed by atoms with E-state index >= 15 is 0 Å². The van der Waals surface area contributed by atoms with Gasteiger partial charge in [-0.1, -0.05) is 54.1 Å². The smallest absolute Gasteiger partial charge is 0.279 e. The zero-order valence-electron chi connectivity index (χ0n) is 11.9. The zero-order chi connectivity index (χ0) is 16.1. The number of benzene rings is 2. The van der Waals surface area contributed by atoms with E-state index in [-0.39, 0.29) is 17.2 Å². The van der Waals surface area contributed by atoms with Gasteiger partial charge < -0.3 is 0 Å². The van der Waals surface area contributed by atoms with Crippen LogP contribution >= 0.6 is 11.6 Å². The summed E-state index contributed by atoms with van der Waals surface area (Å²) in [6.45, 7) is 0. The third kappa shape index (κ3) is 3.81. The molecular weight excluding hydrogens is 314 g/mol. The van der Waals surface area contributed by atoms with Crippen molar-refractivity contribution in [2.45, 2.75) is 0 Å². The molecule has 1 heterocycles. The Morgan fingerprint density at radius 1 is 1.09 bits per heavy atom. The van der Waals surface area contributed by atoms with Gasteiger partial charge in [0.15, 0.2) is 5.69 Å². The SMILES string of the molecule is O=c1[nH]c(N/N=C/c2cccc(Cl)c2)nnc1-c1ccccc1. The molecule has 2 N–H and O–H groups in total. The molecule has 0 saturated carbocycles. The Bertz CT molecular complexity index is 892. The average molecular weight is 326 g/mol. The van der Waals surface area contributed by atoms with Crippen LogP contribution in [-0.2, 0) is 0 Å². The van der Waals surface area contributed by atoms with Crippen molar-refractivity contribution in [3.63, 3.8) is 0 Å². The minimum absolute atomic E-state index is 0.160. The molecule has 0 atom stereocenters. The molecule has 0 fully saturated rings. The lowest BCUT2D eigenvalue weighted by Crippen LogP contribution is -2.15. The van der Waals surface area contributed by atoms with E-state index < -0.39 is 0 Å². The molecule has 6 nitrogen and oxygen atoms in total. The van der Waals surface area contributed by atoms with Crippen LogP contribution in [0.4, 0.5) is 5.95 Å². The lowest BCUT2D eigenvalue weighted by Gasteiger charge is -2.01. The van der Waals surface area contributed by atoms with Gasteiger partial charge in [0.05, 0.1) is 6.21 Å². The van der Waals surface area contributed by atoms with E-state index in [0.29, 0.717) is 10.6 Å². The van der Waals surface area contributed by atoms with Gasteiger partial charge in [-0.15, -0.1) is 10.2 Å². The van der Waals surface area contributed by atoms with E-state index in [1.807, 2.05) is 30.3 Å². The molecule has 0 unspecified atom stereocenters. The van der Waals surface area contributed by atoms with Crippen LogP contribution in [0.15, 0.2) is 64.5 Å². The fraction of sp³-hybridized carbons (Fsp3) is 0. The Balaban J connectivity index is 1.75. The van der Waals surface area contributed by atoms with Crippen LogP contribution in [0, 0.1) is 0 Å². The summed E-state index contributed by atoms with van der Waals surface area (Å²) in [7, 11) is 0. The number of H-pyrrole nitrogens is 1. The largest absolute Gasteiger partial charge is 0.288 e. The van der Waals surface area contributed by atoms with Crippen LogP contribution in [0.2, 0.25) is 5.02 Å². The quantitative estimate of drug-likeness (QED) is 0.570. The first-order chi connectivity index (χ1) is 11.2. The maximum absolute atomic E-state index is 12.1. The maximum Gasteiger partial charge on any atom is 0.279 e. The summed E-state index contributed by atoms with van der Waals surface area (Å²) in [5.41, 5.74) is 4.07. The first kappa shape index (κ1) is 14.9. The first-order valence-electron chi connectivity index (χ1n) is 6.79. The van der Waals surface area contributed by atoms with Gasteiger partial charge in [-0.3, -0.25) is 9.78 Å². The lowest BCUT2D eigenvalue weighted by molar-refractivity contribution is 0.947. The van der Waals surface area contributed by atoms with E-state index in [0.717, 1.165) is 5.56 Å². The molecule has 0 radical (unpaired) electrons. The Labute approximate surface area is 136 Å². The summed E-state index contributed by atoms with van der Waals surface area (Å²) >= 11 is 5.89. The highest BCUT2D eigenvalue weighted by atomic mass is 35.5. The van der Waals surface area contributed by atoms with E-state index in [4.69, 9.17) is 11.6 Å². The standard InChI is InChI=1S/C16H12ClN5O/c17-13-8-4-5-11(9-13)10-18-21-16-19-15(23)14(20-22-16)12-6-2-1-3-7-12/h1-10H,(H2,19,21,22,23)/b18-10+. The fourth-order valence-electron chi connectivity index (χ4n) is 1.93. The summed E-state index contributed by atoms with van der Waals surface area (Å²) in [5, 5.41) is 12.5. The molecule has 0 aliphatic rings. The van der Waals surface area contributed by atoms with E-state index in [9.17, 15) is 4.79 Å². The number of hydrogen-bond donors (Lipinski definition) is 2. The van der Waals surface area contributed by atoms with E-state index in [1.165, 1.54) is 0 Å². The number of aromatic amines is 1. The first-order valence-corrected chi connectivity index (χ1v) is 7.17. The highest BCUT2D eigenvalue weighted by Crippen LogP contribution is 2.11. The molecule has 0 aliphatic heterocycles. The molecule has 23 heavy (non-hydrogen) atoms. The molecule has 2 aromatic carbocycles. The fourth-order valence-corrected chi connectivity index (χ4v) is 2.13. The van der Waals surface area contributed by atoms with Crippen molar-refractivity contribution < 1.29 is 0 Å². The van der Waals surface area contributed by atoms with Crippen molar-refractivity contribution in [2.24, 2.45) is 5.10 Å². The van der Waals surface area contributed by atoms with Gasteiger partial charge in [0.2, 0.25) is 5.95 Å². The molecule has 0 aliphatic carbocycles. The number of anilines is 1. The predicted octanol–water partition coefficient (Wildman–Crippen LogP) is 2.93. The van der Waals surface area contributed by atoms with Crippen molar-refractivity contribution in [3.05, 3.63) is 75.5 Å². The van der Waals surface area contributed by atoms with E-state index in [1.54, 1.807) is 30.5 Å². The monoisotopic (exact) mass is 325 g/mol. The lowest BCUT2D eigenvalue weighted by atomic mass is 10.2. The number of hydrogen-bond acceptors (Lipinski definition) is 5. The maximum atomic E-state index is 12.1. The van der Waals surface area contributed by atoms with Crippen LogP contribution in [0.25, 0.3) is 11.3 Å². The number of nitrogens with one attached hydrogen (secondary N) is 2. The highest BCUT2D eigenvalue weighted by molar-refractivity contribution is 6.30. The molecule has 3 aromatic rings. The van der Waals surface area contributed by atoms with Crippen LogP contribution in [-0.4, -0.2) is 21.4 Å². The summed E-state index contributed by atoms with van der Waals surface area (Å²) in [5.74, 6) is 0.160. The van der Waals surface area contributed by atoms with Gasteiger partial charge in [0.25, 0.3) is 5.56 Å². The van der Waals surface area contributed by atoms with Crippen LogP contribution in [0.1, 0.15) is 5.56 Å². The second-order valence-corrected chi connectivity index (χ2v) is 5.08. The summed E-state index contributed by atoms with van der Waals surface area (Å²) in [4.78, 5) is 14.6. The molecular formula is C16H12ClN5O. The zero-order valence-corrected chi connectivity index (χ0v) is 12.7. The highest BCUT2D eigenvalue weighted by Gasteiger charge is 2.06. The topological polar surface area (TPSA) is 83.0 Å². The van der Waals surface area contributed by atoms with Gasteiger partial charge in [-0.25, -0.2) is 5.43 Å². The minimum Gasteiger partial charge on any atom is -0.288 e. The Morgan fingerprint density at radius 3 is 2.65 bits per heavy atom. The van der Waals surface area contributed by atoms with Crippen LogP contribution < -0.4 is 11.0 Å². The van der Waals surface area contributed by atoms with Crippen molar-refractivity contribution in [1.29, 1.82) is 0 Å². The summed E-state index contributed by atoms with van der Waals surface area (Å²) in [6, 6.07) is 16.3. The van der Waals surface area contributed by atoms with Gasteiger partial charge in [0, 0.05) is 10.6 Å². The van der Waals surface area contributed by atoms with Gasteiger partial charge in [-0.2, -0.15) is 5.10 Å². The molecule has 1 aromatic heterocycles. The molecule has 0 amide bonds. The summed E-state index contributed by atoms with van der Waals surface area (Å²) < 4.78 is 0. The molecule has 7 heteroatoms. The van der Waals surface area contributed by atoms with Crippen LogP contribution in [0.5, 0.6) is 0 Å². The molecule has 0 spiro atoms. The number of nitrogens with zero attached hydrogens (tertiary/aromatic N) is 3. The van der Waals surface area contributed by atoms with Crippen molar-refractivity contribution in [3.8, 4) is 11.3 Å². The average Bonchev–Trinajstić information content (AvgIpc) is 2.56. The molecule has 3 rings (SSSR count). The van der Waals surface area contributed by atoms with Crippen molar-refractivity contribution in [2.75, 3.05) is 5.43 Å². The Kier molecular flexibility index (Phi) is 4.44. The minimum atomic E-state index is -0.341. The third-order valence-electron chi connectivity index (χ3n) is 2.98. The Hall–Kier alpha value is -2.99. The predicted molar refractivity (Wildman–Crippen MR) is 90.8 cm³/mol. The van der Waals surface area contributed by atoms with Crippen molar-refractivity contribution >= 4 is 23.8 Å². The number of hydrazone groups is 1. The van der Waals surface area contributed by atoms with Crippen molar-refractivity contribution in [1.82, 2.24) is 15.2 Å². The second-order valence-electron chi connectivity index (χ2n) is 4.64. The number of aromatic nitrogens is 3. The molecule has 0 bridgehead atoms. The molecule has 114 valence electrons. The van der Waals surface area contributed by atoms with Gasteiger partial charge in [-0.05, 0) is 17.7 Å². The van der Waals surface area contributed by atoms with Gasteiger partial charge >= 0.3 is 0 Å². The van der Waals surface area contributed by atoms with E-state index in [2.05, 4.69) is 25.7 Å². The van der Waals surface area contributed by atoms with Crippen LogP contribution in [0.3, 0.4) is 0 Å². The number of rotatable bonds is 4. The summed E-state index contributed by atoms with van der Waals surface area (Å²) in [6.07, 6.45) is 1.57. The second kappa shape index (κ2) is 6.85. The normalized spacial score (nSPS) is 10.8. The third-order valence-corrected chi connectivity index (χ3v) is 3.21. The number of halogens is 1. The van der Waals surface area contributed by atoms with Gasteiger partial charge in [0.1, 0.15) is 0 Å². The molecule has 0 saturated heterocycles. The Morgan fingerprint density at radius 2 is 1.91 bits per heavy atom.